The molecule has 3 aromatic rings. The number of methoxy groups -OCH3 is 2. The normalized spacial score (nSPS) is 11.6. The highest BCUT2D eigenvalue weighted by Crippen LogP contribution is 2.33. The van der Waals surface area contributed by atoms with E-state index in [1.54, 1.807) is 19.1 Å². The number of anilines is 2. The van der Waals surface area contributed by atoms with Crippen molar-refractivity contribution in [3.8, 4) is 11.5 Å². The molecule has 0 aliphatic rings. The van der Waals surface area contributed by atoms with Crippen molar-refractivity contribution < 1.29 is 35.9 Å². The third-order valence-corrected chi connectivity index (χ3v) is 6.24. The lowest BCUT2D eigenvalue weighted by Crippen LogP contribution is -2.15. The molecule has 0 saturated heterocycles. The quantitative estimate of drug-likeness (QED) is 0.478. The van der Waals surface area contributed by atoms with Crippen LogP contribution in [0.25, 0.3) is 0 Å². The molecule has 180 valence electrons. The van der Waals surface area contributed by atoms with Crippen molar-refractivity contribution >= 4 is 27.3 Å². The van der Waals surface area contributed by atoms with Crippen LogP contribution in [0.1, 0.15) is 21.5 Å². The van der Waals surface area contributed by atoms with Gasteiger partial charge < -0.3 is 14.8 Å². The van der Waals surface area contributed by atoms with Gasteiger partial charge >= 0.3 is 6.18 Å². The van der Waals surface area contributed by atoms with Crippen LogP contribution in [-0.4, -0.2) is 28.5 Å². The first-order chi connectivity index (χ1) is 15.9. The molecule has 7 nitrogen and oxygen atoms in total. The highest BCUT2D eigenvalue weighted by Gasteiger charge is 2.30. The summed E-state index contributed by atoms with van der Waals surface area (Å²) < 4.78 is 76.4. The number of alkyl halides is 3. The maximum Gasteiger partial charge on any atom is 0.416 e. The molecular formula is C23H21F3N2O5S. The number of nitrogens with one attached hydrogen (secondary N) is 2. The van der Waals surface area contributed by atoms with E-state index in [0.29, 0.717) is 23.3 Å². The van der Waals surface area contributed by atoms with Crippen molar-refractivity contribution in [2.75, 3.05) is 24.3 Å². The van der Waals surface area contributed by atoms with Crippen molar-refractivity contribution in [2.45, 2.75) is 18.0 Å². The number of amides is 1. The second kappa shape index (κ2) is 9.64. The Hall–Kier alpha value is -3.73. The smallest absolute Gasteiger partial charge is 0.416 e. The Balaban J connectivity index is 1.77. The molecule has 0 aromatic heterocycles. The van der Waals surface area contributed by atoms with Gasteiger partial charge in [0.15, 0.2) is 11.5 Å². The molecule has 0 unspecified atom stereocenters. The van der Waals surface area contributed by atoms with Crippen LogP contribution >= 0.6 is 0 Å². The number of hydrogen-bond acceptors (Lipinski definition) is 5. The second-order valence-electron chi connectivity index (χ2n) is 7.18. The number of rotatable bonds is 7. The fourth-order valence-corrected chi connectivity index (χ4v) is 4.12. The number of aryl methyl sites for hydroxylation is 1. The molecule has 0 spiro atoms. The predicted octanol–water partition coefficient (Wildman–Crippen LogP) is 5.08. The van der Waals surface area contributed by atoms with Crippen molar-refractivity contribution in [1.29, 1.82) is 0 Å². The highest BCUT2D eigenvalue weighted by atomic mass is 32.2. The van der Waals surface area contributed by atoms with Crippen molar-refractivity contribution in [3.05, 3.63) is 77.4 Å². The minimum absolute atomic E-state index is 0.173. The van der Waals surface area contributed by atoms with Crippen LogP contribution in [0.3, 0.4) is 0 Å². The van der Waals surface area contributed by atoms with Crippen LogP contribution in [0, 0.1) is 6.92 Å². The molecule has 0 aliphatic heterocycles. The van der Waals surface area contributed by atoms with Crippen molar-refractivity contribution in [3.63, 3.8) is 0 Å². The van der Waals surface area contributed by atoms with Crippen LogP contribution in [0.15, 0.2) is 65.6 Å². The zero-order valence-corrected chi connectivity index (χ0v) is 19.2. The monoisotopic (exact) mass is 494 g/mol. The van der Waals surface area contributed by atoms with Crippen LogP contribution < -0.4 is 19.5 Å². The summed E-state index contributed by atoms with van der Waals surface area (Å²) in [5.41, 5.74) is 0.152. The van der Waals surface area contributed by atoms with E-state index in [4.69, 9.17) is 9.47 Å². The zero-order valence-electron chi connectivity index (χ0n) is 18.4. The Morgan fingerprint density at radius 2 is 1.53 bits per heavy atom. The van der Waals surface area contributed by atoms with E-state index in [2.05, 4.69) is 10.0 Å². The molecule has 34 heavy (non-hydrogen) atoms. The Morgan fingerprint density at radius 1 is 0.912 bits per heavy atom. The zero-order chi connectivity index (χ0) is 25.1. The first-order valence-corrected chi connectivity index (χ1v) is 11.3. The van der Waals surface area contributed by atoms with Crippen LogP contribution in [0.2, 0.25) is 0 Å². The summed E-state index contributed by atoms with van der Waals surface area (Å²) in [4.78, 5) is 12.4. The van der Waals surface area contributed by atoms with Gasteiger partial charge in [0.25, 0.3) is 15.9 Å². The highest BCUT2D eigenvalue weighted by molar-refractivity contribution is 7.92. The van der Waals surface area contributed by atoms with E-state index >= 15 is 0 Å². The van der Waals surface area contributed by atoms with Gasteiger partial charge in [0.2, 0.25) is 0 Å². The Kier molecular flexibility index (Phi) is 7.06. The number of carbonyl (C=O) groups excluding carboxylic acids is 1. The number of halogens is 3. The Bertz CT molecular complexity index is 1310. The number of hydrogen-bond donors (Lipinski definition) is 2. The van der Waals surface area contributed by atoms with Gasteiger partial charge in [0.1, 0.15) is 0 Å². The predicted molar refractivity (Wildman–Crippen MR) is 121 cm³/mol. The molecule has 3 aromatic carbocycles. The van der Waals surface area contributed by atoms with Crippen molar-refractivity contribution in [1.82, 2.24) is 0 Å². The summed E-state index contributed by atoms with van der Waals surface area (Å²) >= 11 is 0. The lowest BCUT2D eigenvalue weighted by Gasteiger charge is -2.14. The molecule has 11 heteroatoms. The average molecular weight is 494 g/mol. The first-order valence-electron chi connectivity index (χ1n) is 9.78. The summed E-state index contributed by atoms with van der Waals surface area (Å²) in [7, 11) is -1.22. The number of benzene rings is 3. The molecule has 2 N–H and O–H groups in total. The molecule has 0 atom stereocenters. The Morgan fingerprint density at radius 3 is 2.12 bits per heavy atom. The van der Waals surface area contributed by atoms with E-state index in [-0.39, 0.29) is 16.1 Å². The maximum absolute atomic E-state index is 12.9. The first kappa shape index (κ1) is 24.9. The molecule has 0 fully saturated rings. The molecule has 1 amide bonds. The molecule has 3 rings (SSSR count). The molecule has 0 heterocycles. The third kappa shape index (κ3) is 5.60. The lowest BCUT2D eigenvalue weighted by molar-refractivity contribution is -0.137. The summed E-state index contributed by atoms with van der Waals surface area (Å²) in [5, 5.41) is 2.72. The van der Waals surface area contributed by atoms with E-state index in [1.807, 2.05) is 0 Å². The van der Waals surface area contributed by atoms with Crippen molar-refractivity contribution in [2.24, 2.45) is 0 Å². The lowest BCUT2D eigenvalue weighted by atomic mass is 10.1. The molecule has 0 bridgehead atoms. The average Bonchev–Trinajstić information content (AvgIpc) is 2.79. The fourth-order valence-electron chi connectivity index (χ4n) is 3.07. The van der Waals surface area contributed by atoms with Gasteiger partial charge in [-0.1, -0.05) is 6.07 Å². The number of sulfonamides is 1. The van der Waals surface area contributed by atoms with Crippen LogP contribution in [0.4, 0.5) is 24.5 Å². The topological polar surface area (TPSA) is 93.7 Å². The van der Waals surface area contributed by atoms with E-state index < -0.39 is 27.7 Å². The number of ether oxygens (including phenoxy) is 2. The Labute approximate surface area is 194 Å². The van der Waals surface area contributed by atoms with Gasteiger partial charge in [-0.25, -0.2) is 8.42 Å². The van der Waals surface area contributed by atoms with Gasteiger partial charge in [0.05, 0.1) is 24.7 Å². The van der Waals surface area contributed by atoms with E-state index in [0.717, 1.165) is 17.7 Å². The van der Waals surface area contributed by atoms with Gasteiger partial charge in [-0.05, 0) is 61.0 Å². The summed E-state index contributed by atoms with van der Waals surface area (Å²) in [6, 6.07) is 12.1. The number of carbonyl (C=O) groups is 1. The van der Waals surface area contributed by atoms with Gasteiger partial charge in [-0.3, -0.25) is 9.52 Å². The van der Waals surface area contributed by atoms with E-state index in [1.165, 1.54) is 44.6 Å². The molecule has 0 radical (unpaired) electrons. The third-order valence-electron chi connectivity index (χ3n) is 4.85. The summed E-state index contributed by atoms with van der Waals surface area (Å²) in [5.74, 6) is 0.427. The summed E-state index contributed by atoms with van der Waals surface area (Å²) in [6.45, 7) is 1.77. The largest absolute Gasteiger partial charge is 0.493 e. The molecular weight excluding hydrogens is 473 g/mol. The second-order valence-corrected chi connectivity index (χ2v) is 8.87. The van der Waals surface area contributed by atoms with Crippen LogP contribution in [0.5, 0.6) is 11.5 Å². The fraction of sp³-hybridized carbons (Fsp3) is 0.174. The van der Waals surface area contributed by atoms with Crippen LogP contribution in [-0.2, 0) is 16.2 Å². The standard InChI is InChI=1S/C23H21F3N2O5S/c1-14-11-20(32-2)21(33-3)13-19(14)27-22(29)15-7-9-18(10-8-15)34(30,31)28-17-6-4-5-16(12-17)23(24,25)26/h4-13,28H,1-3H3,(H,27,29). The van der Waals surface area contributed by atoms with Gasteiger partial charge in [-0.15, -0.1) is 0 Å². The maximum atomic E-state index is 12.9. The minimum atomic E-state index is -4.61. The van der Waals surface area contributed by atoms with Gasteiger partial charge in [0, 0.05) is 23.0 Å². The van der Waals surface area contributed by atoms with Gasteiger partial charge in [-0.2, -0.15) is 13.2 Å². The summed E-state index contributed by atoms with van der Waals surface area (Å²) in [6.07, 6.45) is -4.61. The molecule has 0 saturated carbocycles. The minimum Gasteiger partial charge on any atom is -0.493 e. The SMILES string of the molecule is COc1cc(C)c(NC(=O)c2ccc(S(=O)(=O)Nc3cccc(C(F)(F)F)c3)cc2)cc1OC. The van der Waals surface area contributed by atoms with E-state index in [9.17, 15) is 26.4 Å². The molecule has 0 aliphatic carbocycles.